The summed E-state index contributed by atoms with van der Waals surface area (Å²) in [5.74, 6) is -0.573. The Bertz CT molecular complexity index is 1210. The normalized spacial score (nSPS) is 13.2. The first-order valence-electron chi connectivity index (χ1n) is 24.4. The average Bonchev–Trinajstić information content (AvgIpc) is 3.25. The molecule has 0 aliphatic heterocycles. The van der Waals surface area contributed by atoms with E-state index in [1.165, 1.54) is 70.6 Å². The van der Waals surface area contributed by atoms with Gasteiger partial charge in [0.2, 0.25) is 0 Å². The van der Waals surface area contributed by atoms with Crippen LogP contribution in [-0.4, -0.2) is 37.9 Å². The quantitative estimate of drug-likeness (QED) is 0.0348. The van der Waals surface area contributed by atoms with Crippen LogP contribution in [0.2, 0.25) is 0 Å². The maximum Gasteiger partial charge on any atom is 0.309 e. The minimum Gasteiger partial charge on any atom is -0.461 e. The van der Waals surface area contributed by atoms with Crippen molar-refractivity contribution in [2.24, 2.45) is 0 Å². The Morgan fingerprint density at radius 2 is 0.800 bits per heavy atom. The fraction of sp³-hybridized carbons (Fsp3) is 0.636. The highest BCUT2D eigenvalue weighted by atomic mass is 16.6. The molecule has 0 spiro atoms. The predicted molar refractivity (Wildman–Crippen MR) is 260 cm³/mol. The Morgan fingerprint density at radius 1 is 0.400 bits per heavy atom. The van der Waals surface area contributed by atoms with E-state index >= 15 is 0 Å². The second-order valence-corrected chi connectivity index (χ2v) is 15.6. The third-order valence-electron chi connectivity index (χ3n) is 9.81. The zero-order valence-corrected chi connectivity index (χ0v) is 38.9. The molecule has 5 heteroatoms. The molecule has 0 radical (unpaired) electrons. The highest BCUT2D eigenvalue weighted by Gasteiger charge is 2.17. The second-order valence-electron chi connectivity index (χ2n) is 15.6. The third kappa shape index (κ3) is 47.2. The van der Waals surface area contributed by atoms with Crippen LogP contribution in [0.4, 0.5) is 0 Å². The Hall–Kier alpha value is -3.44. The van der Waals surface area contributed by atoms with Crippen LogP contribution in [0.25, 0.3) is 0 Å². The molecule has 0 rings (SSSR count). The van der Waals surface area contributed by atoms with E-state index in [9.17, 15) is 9.59 Å². The van der Waals surface area contributed by atoms with Gasteiger partial charge in [0.25, 0.3) is 0 Å². The highest BCUT2D eigenvalue weighted by Crippen LogP contribution is 2.12. The van der Waals surface area contributed by atoms with Crippen LogP contribution in [0.15, 0.2) is 109 Å². The zero-order chi connectivity index (χ0) is 43.5. The van der Waals surface area contributed by atoms with Crippen molar-refractivity contribution < 1.29 is 23.8 Å². The summed E-state index contributed by atoms with van der Waals surface area (Å²) < 4.78 is 17.2. The van der Waals surface area contributed by atoms with Crippen LogP contribution < -0.4 is 0 Å². The Kier molecular flexibility index (Phi) is 47.1. The van der Waals surface area contributed by atoms with Crippen molar-refractivity contribution in [1.29, 1.82) is 0 Å². The van der Waals surface area contributed by atoms with E-state index in [0.717, 1.165) is 96.3 Å². The predicted octanol–water partition coefficient (Wildman–Crippen LogP) is 16.4. The van der Waals surface area contributed by atoms with E-state index < -0.39 is 6.10 Å². The lowest BCUT2D eigenvalue weighted by Crippen LogP contribution is -2.30. The molecule has 0 aliphatic carbocycles. The minimum absolute atomic E-state index is 0.0156. The van der Waals surface area contributed by atoms with Crippen LogP contribution in [0.1, 0.15) is 201 Å². The fourth-order valence-corrected chi connectivity index (χ4v) is 6.24. The Balaban J connectivity index is 4.46. The zero-order valence-electron chi connectivity index (χ0n) is 38.9. The number of hydrogen-bond acceptors (Lipinski definition) is 5. The molecule has 0 saturated carbocycles. The lowest BCUT2D eigenvalue weighted by Gasteiger charge is -2.18. The van der Waals surface area contributed by atoms with E-state index in [2.05, 4.69) is 118 Å². The van der Waals surface area contributed by atoms with Gasteiger partial charge in [0.1, 0.15) is 6.61 Å². The number of hydrogen-bond donors (Lipinski definition) is 0. The maximum atomic E-state index is 12.8. The van der Waals surface area contributed by atoms with E-state index in [-0.39, 0.29) is 31.6 Å². The van der Waals surface area contributed by atoms with Gasteiger partial charge in [0, 0.05) is 13.0 Å². The lowest BCUT2D eigenvalue weighted by molar-refractivity contribution is -0.162. The van der Waals surface area contributed by atoms with Gasteiger partial charge < -0.3 is 14.2 Å². The number of allylic oxidation sites excluding steroid dienone is 17. The summed E-state index contributed by atoms with van der Waals surface area (Å²) >= 11 is 0. The molecule has 0 amide bonds. The molecule has 5 nitrogen and oxygen atoms in total. The van der Waals surface area contributed by atoms with Crippen LogP contribution in [-0.2, 0) is 23.8 Å². The molecular weight excluding hydrogens is 741 g/mol. The van der Waals surface area contributed by atoms with E-state index in [0.29, 0.717) is 13.0 Å². The van der Waals surface area contributed by atoms with Crippen molar-refractivity contribution in [3.63, 3.8) is 0 Å². The summed E-state index contributed by atoms with van der Waals surface area (Å²) in [4.78, 5) is 25.3. The number of carbonyl (C=O) groups excluding carboxylic acids is 2. The largest absolute Gasteiger partial charge is 0.461 e. The van der Waals surface area contributed by atoms with Crippen molar-refractivity contribution in [3.8, 4) is 0 Å². The molecule has 1 atom stereocenters. The number of rotatable bonds is 43. The van der Waals surface area contributed by atoms with Gasteiger partial charge in [-0.1, -0.05) is 194 Å². The molecule has 0 heterocycles. The summed E-state index contributed by atoms with van der Waals surface area (Å²) in [7, 11) is 0. The summed E-state index contributed by atoms with van der Waals surface area (Å²) in [6, 6.07) is 0. The van der Waals surface area contributed by atoms with Gasteiger partial charge in [0.05, 0.1) is 13.0 Å². The molecule has 0 aromatic carbocycles. The van der Waals surface area contributed by atoms with Crippen molar-refractivity contribution >= 4 is 11.9 Å². The number of ether oxygens (including phenoxy) is 3. The number of esters is 2. The molecule has 0 fully saturated rings. The molecule has 60 heavy (non-hydrogen) atoms. The lowest BCUT2D eigenvalue weighted by atomic mass is 10.1. The third-order valence-corrected chi connectivity index (χ3v) is 9.81. The topological polar surface area (TPSA) is 61.8 Å². The van der Waals surface area contributed by atoms with Gasteiger partial charge >= 0.3 is 11.9 Å². The van der Waals surface area contributed by atoms with Gasteiger partial charge in [-0.15, -0.1) is 0 Å². The fourth-order valence-electron chi connectivity index (χ4n) is 6.24. The molecule has 0 bridgehead atoms. The van der Waals surface area contributed by atoms with E-state index in [4.69, 9.17) is 14.2 Å². The van der Waals surface area contributed by atoms with E-state index in [1.54, 1.807) is 0 Å². The molecule has 0 saturated heterocycles. The van der Waals surface area contributed by atoms with Gasteiger partial charge in [-0.05, 0) is 103 Å². The highest BCUT2D eigenvalue weighted by molar-refractivity contribution is 5.71. The molecule has 340 valence electrons. The molecular formula is C55H90O5. The van der Waals surface area contributed by atoms with Gasteiger partial charge in [0.15, 0.2) is 6.10 Å². The van der Waals surface area contributed by atoms with Crippen molar-refractivity contribution in [2.75, 3.05) is 19.8 Å². The van der Waals surface area contributed by atoms with Crippen molar-refractivity contribution in [1.82, 2.24) is 0 Å². The van der Waals surface area contributed by atoms with Gasteiger partial charge in [-0.3, -0.25) is 9.59 Å². The van der Waals surface area contributed by atoms with Gasteiger partial charge in [-0.25, -0.2) is 0 Å². The average molecular weight is 831 g/mol. The Labute approximate surface area is 370 Å². The molecule has 0 aliphatic rings. The Morgan fingerprint density at radius 3 is 1.30 bits per heavy atom. The van der Waals surface area contributed by atoms with Crippen LogP contribution in [0.5, 0.6) is 0 Å². The summed E-state index contributed by atoms with van der Waals surface area (Å²) in [6.07, 6.45) is 68.3. The maximum absolute atomic E-state index is 12.8. The standard InChI is InChI=1S/C55H90O5/c1-4-7-10-13-16-19-22-25-28-30-33-36-39-42-45-48-54(56)59-52-53(51-58-50-47-44-41-38-35-32-27-24-21-18-15-12-9-6-3)60-55(57)49-46-43-40-37-34-31-29-26-23-20-17-14-11-8-5-2/h7-8,10-11,16-17,19-21,24-26,28-29,33,36,42,45,53H,4-6,9,12-15,18,22-23,27,30-32,34-35,37-41,43-44,46-52H2,1-3H3/b10-7-,11-8-,19-16-,20-17-,24-21-,28-25-,29-26-,36-33-,45-42-. The van der Waals surface area contributed by atoms with Crippen LogP contribution >= 0.6 is 0 Å². The van der Waals surface area contributed by atoms with E-state index in [1.807, 2.05) is 12.2 Å². The first-order chi connectivity index (χ1) is 29.6. The van der Waals surface area contributed by atoms with Crippen LogP contribution in [0.3, 0.4) is 0 Å². The minimum atomic E-state index is -0.594. The monoisotopic (exact) mass is 831 g/mol. The molecule has 0 N–H and O–H groups in total. The second kappa shape index (κ2) is 49.9. The smallest absolute Gasteiger partial charge is 0.309 e. The summed E-state index contributed by atoms with van der Waals surface area (Å²) in [6.45, 7) is 7.43. The van der Waals surface area contributed by atoms with Gasteiger partial charge in [-0.2, -0.15) is 0 Å². The number of carbonyl (C=O) groups is 2. The van der Waals surface area contributed by atoms with Crippen molar-refractivity contribution in [2.45, 2.75) is 207 Å². The van der Waals surface area contributed by atoms with Crippen molar-refractivity contribution in [3.05, 3.63) is 109 Å². The molecule has 1 unspecified atom stereocenters. The molecule has 0 aromatic rings. The summed E-state index contributed by atoms with van der Waals surface area (Å²) in [5.41, 5.74) is 0. The van der Waals surface area contributed by atoms with Crippen LogP contribution in [0, 0.1) is 0 Å². The first-order valence-corrected chi connectivity index (χ1v) is 24.4. The number of unbranched alkanes of at least 4 members (excludes halogenated alkanes) is 15. The molecule has 0 aromatic heterocycles. The first kappa shape index (κ1) is 56.6. The SMILES string of the molecule is CC/C=C\C/C=C\C/C=C\C/C=C\C/C=C\CC(=O)OCC(COCCCCCCCC/C=C\CCCCCC)OC(=O)CCCCCCC/C=C\C/C=C\C/C=C\CC. The summed E-state index contributed by atoms with van der Waals surface area (Å²) in [5, 5.41) is 0.